The first-order valence-corrected chi connectivity index (χ1v) is 9.08. The van der Waals surface area contributed by atoms with Gasteiger partial charge in [-0.1, -0.05) is 6.07 Å². The van der Waals surface area contributed by atoms with E-state index in [1.54, 1.807) is 0 Å². The first kappa shape index (κ1) is 16.6. The van der Waals surface area contributed by atoms with E-state index in [0.717, 1.165) is 10.4 Å². The van der Waals surface area contributed by atoms with Crippen molar-refractivity contribution in [3.05, 3.63) is 35.2 Å². The first-order chi connectivity index (χ1) is 11.6. The van der Waals surface area contributed by atoms with Crippen molar-refractivity contribution < 1.29 is 31.4 Å². The van der Waals surface area contributed by atoms with Gasteiger partial charge in [-0.15, -0.1) is 0 Å². The highest BCUT2D eigenvalue weighted by atomic mass is 32.2. The fourth-order valence-electron chi connectivity index (χ4n) is 4.10. The Balaban J connectivity index is 1.76. The van der Waals surface area contributed by atoms with E-state index in [1.165, 1.54) is 6.07 Å². The minimum atomic E-state index is -4.76. The third-order valence-corrected chi connectivity index (χ3v) is 7.43. The molecular formula is C15H13F3N2O4S. The quantitative estimate of drug-likeness (QED) is 0.763. The SMILES string of the molecule is [C-]#[N+]c1ccc(N2C[C@H]3[C@H]4O[C@H](C[C@H]4O)[C@H]3S2(=O)=O)cc1C(F)(F)F. The van der Waals surface area contributed by atoms with E-state index >= 15 is 0 Å². The zero-order valence-electron chi connectivity index (χ0n) is 12.6. The van der Waals surface area contributed by atoms with Crippen molar-refractivity contribution in [1.29, 1.82) is 0 Å². The molecule has 6 nitrogen and oxygen atoms in total. The second-order valence-electron chi connectivity index (χ2n) is 6.46. The molecule has 1 aromatic rings. The molecule has 0 saturated carbocycles. The normalized spacial score (nSPS) is 35.6. The molecule has 2 bridgehead atoms. The maximum Gasteiger partial charge on any atom is 0.407 e. The summed E-state index contributed by atoms with van der Waals surface area (Å²) in [5.74, 6) is -0.478. The fourth-order valence-corrected chi connectivity index (χ4v) is 6.42. The molecule has 1 N–H and O–H groups in total. The molecule has 134 valence electrons. The maximum absolute atomic E-state index is 13.1. The Morgan fingerprint density at radius 2 is 2.08 bits per heavy atom. The smallest absolute Gasteiger partial charge is 0.390 e. The summed E-state index contributed by atoms with van der Waals surface area (Å²) in [4.78, 5) is 2.85. The molecule has 3 aliphatic heterocycles. The Morgan fingerprint density at radius 3 is 2.72 bits per heavy atom. The van der Waals surface area contributed by atoms with Gasteiger partial charge in [0.25, 0.3) is 0 Å². The van der Waals surface area contributed by atoms with Crippen molar-refractivity contribution in [2.75, 3.05) is 10.8 Å². The van der Waals surface area contributed by atoms with Crippen LogP contribution < -0.4 is 4.31 Å². The second-order valence-corrected chi connectivity index (χ2v) is 8.47. The number of ether oxygens (including phenoxy) is 1. The molecule has 0 aliphatic carbocycles. The zero-order valence-corrected chi connectivity index (χ0v) is 13.5. The highest BCUT2D eigenvalue weighted by Gasteiger charge is 2.64. The average molecular weight is 374 g/mol. The molecule has 3 heterocycles. The number of hydrogen-bond donors (Lipinski definition) is 1. The Labute approximate surface area is 141 Å². The average Bonchev–Trinajstić information content (AvgIpc) is 3.15. The molecule has 0 unspecified atom stereocenters. The summed E-state index contributed by atoms with van der Waals surface area (Å²) in [5.41, 5.74) is -1.86. The Bertz CT molecular complexity index is 880. The highest BCUT2D eigenvalue weighted by molar-refractivity contribution is 7.93. The summed E-state index contributed by atoms with van der Waals surface area (Å²) in [5, 5.41) is 9.04. The molecule has 0 aromatic heterocycles. The van der Waals surface area contributed by atoms with Crippen molar-refractivity contribution >= 4 is 21.4 Å². The van der Waals surface area contributed by atoms with Crippen molar-refractivity contribution in [3.8, 4) is 0 Å². The van der Waals surface area contributed by atoms with Crippen LogP contribution in [0.3, 0.4) is 0 Å². The van der Waals surface area contributed by atoms with Gasteiger partial charge in [-0.3, -0.25) is 4.31 Å². The molecule has 4 rings (SSSR count). The summed E-state index contributed by atoms with van der Waals surface area (Å²) in [7, 11) is -3.90. The molecule has 0 radical (unpaired) electrons. The van der Waals surface area contributed by atoms with Gasteiger partial charge >= 0.3 is 6.18 Å². The molecule has 3 fully saturated rings. The van der Waals surface area contributed by atoms with E-state index in [1.807, 2.05) is 0 Å². The Hall–Kier alpha value is -1.83. The van der Waals surface area contributed by atoms with Gasteiger partial charge in [-0.05, 0) is 12.1 Å². The summed E-state index contributed by atoms with van der Waals surface area (Å²) >= 11 is 0. The number of anilines is 1. The van der Waals surface area contributed by atoms with Gasteiger partial charge in [-0.25, -0.2) is 13.3 Å². The largest absolute Gasteiger partial charge is 0.407 e. The molecule has 3 saturated heterocycles. The number of aliphatic hydroxyl groups is 1. The predicted molar refractivity (Wildman–Crippen MR) is 80.5 cm³/mol. The zero-order chi connectivity index (χ0) is 18.1. The van der Waals surface area contributed by atoms with Crippen LogP contribution in [0.5, 0.6) is 0 Å². The molecule has 3 aliphatic rings. The number of rotatable bonds is 1. The number of aliphatic hydroxyl groups excluding tert-OH is 1. The van der Waals surface area contributed by atoms with E-state index in [4.69, 9.17) is 11.3 Å². The topological polar surface area (TPSA) is 71.2 Å². The van der Waals surface area contributed by atoms with Crippen LogP contribution in [-0.2, 0) is 20.9 Å². The molecule has 25 heavy (non-hydrogen) atoms. The monoisotopic (exact) mass is 374 g/mol. The Kier molecular flexibility index (Phi) is 3.39. The van der Waals surface area contributed by atoms with Crippen molar-refractivity contribution in [1.82, 2.24) is 0 Å². The molecule has 0 spiro atoms. The molecular weight excluding hydrogens is 361 g/mol. The van der Waals surface area contributed by atoms with Crippen LogP contribution in [0.4, 0.5) is 24.5 Å². The summed E-state index contributed by atoms with van der Waals surface area (Å²) < 4.78 is 71.5. The molecule has 0 amide bonds. The van der Waals surface area contributed by atoms with Gasteiger partial charge in [0.2, 0.25) is 10.0 Å². The third-order valence-electron chi connectivity index (χ3n) is 5.12. The standard InChI is InChI=1S/C15H13F3N2O4S/c1-19-10-3-2-7(4-9(10)15(16,17)18)20-6-8-13-11(21)5-12(24-13)14(8)25(20,22)23/h2-4,8,11-14,21H,5-6H2/t8-,11+,12+,13+,14-/m0/s1. The predicted octanol–water partition coefficient (Wildman–Crippen LogP) is 1.92. The number of hydrogen-bond acceptors (Lipinski definition) is 4. The lowest BCUT2D eigenvalue weighted by molar-refractivity contribution is -0.136. The minimum Gasteiger partial charge on any atom is -0.390 e. The van der Waals surface area contributed by atoms with E-state index < -0.39 is 56.9 Å². The number of fused-ring (bicyclic) bond motifs is 5. The minimum absolute atomic E-state index is 0.0418. The second kappa shape index (κ2) is 5.09. The number of alkyl halides is 3. The van der Waals surface area contributed by atoms with Crippen LogP contribution in [0.25, 0.3) is 4.85 Å². The highest BCUT2D eigenvalue weighted by Crippen LogP contribution is 2.49. The van der Waals surface area contributed by atoms with Crippen LogP contribution in [0, 0.1) is 12.5 Å². The van der Waals surface area contributed by atoms with Crippen molar-refractivity contribution in [2.24, 2.45) is 5.92 Å². The van der Waals surface area contributed by atoms with Gasteiger partial charge < -0.3 is 9.84 Å². The van der Waals surface area contributed by atoms with E-state index in [9.17, 15) is 26.7 Å². The number of sulfonamides is 1. The maximum atomic E-state index is 13.1. The first-order valence-electron chi connectivity index (χ1n) is 7.58. The summed E-state index contributed by atoms with van der Waals surface area (Å²) in [6.45, 7) is 6.82. The number of nitrogens with zero attached hydrogens (tertiary/aromatic N) is 2. The van der Waals surface area contributed by atoms with Gasteiger partial charge in [0.1, 0.15) is 5.25 Å². The lowest BCUT2D eigenvalue weighted by Crippen LogP contribution is -2.40. The van der Waals surface area contributed by atoms with Crippen LogP contribution in [0.15, 0.2) is 18.2 Å². The van der Waals surface area contributed by atoms with Crippen molar-refractivity contribution in [3.63, 3.8) is 0 Å². The van der Waals surface area contributed by atoms with Gasteiger partial charge in [0.05, 0.1) is 30.4 Å². The van der Waals surface area contributed by atoms with Crippen LogP contribution in [0.1, 0.15) is 12.0 Å². The van der Waals surface area contributed by atoms with E-state index in [-0.39, 0.29) is 18.7 Å². The fraction of sp³-hybridized carbons (Fsp3) is 0.533. The lowest BCUT2D eigenvalue weighted by atomic mass is 9.87. The Morgan fingerprint density at radius 1 is 1.36 bits per heavy atom. The van der Waals surface area contributed by atoms with Gasteiger partial charge in [0.15, 0.2) is 5.69 Å². The van der Waals surface area contributed by atoms with Crippen molar-refractivity contribution in [2.45, 2.75) is 36.2 Å². The van der Waals surface area contributed by atoms with Gasteiger partial charge in [0, 0.05) is 24.6 Å². The summed E-state index contributed by atoms with van der Waals surface area (Å²) in [6, 6.07) is 2.89. The van der Waals surface area contributed by atoms with E-state index in [2.05, 4.69) is 4.85 Å². The number of benzene rings is 1. The lowest BCUT2D eigenvalue weighted by Gasteiger charge is -2.22. The van der Waals surface area contributed by atoms with Crippen LogP contribution in [0.2, 0.25) is 0 Å². The van der Waals surface area contributed by atoms with Crippen LogP contribution >= 0.6 is 0 Å². The van der Waals surface area contributed by atoms with E-state index in [0.29, 0.717) is 6.07 Å². The molecule has 5 atom stereocenters. The third kappa shape index (κ3) is 2.26. The molecule has 1 aromatic carbocycles. The molecule has 10 heteroatoms. The number of halogens is 3. The van der Waals surface area contributed by atoms with Gasteiger partial charge in [-0.2, -0.15) is 13.2 Å². The summed E-state index contributed by atoms with van der Waals surface area (Å²) in [6.07, 6.45) is -6.54. The van der Waals surface area contributed by atoms with Crippen LogP contribution in [-0.4, -0.2) is 43.6 Å².